The first kappa shape index (κ1) is 40.2. The van der Waals surface area contributed by atoms with Crippen molar-refractivity contribution in [2.45, 2.75) is 165 Å². The van der Waals surface area contributed by atoms with Gasteiger partial charge in [0.1, 0.15) is 18.4 Å². The molecule has 17 atom stereocenters. The number of aliphatic hydroxyl groups is 5. The molecule has 10 rings (SSSR count). The van der Waals surface area contributed by atoms with E-state index in [1.165, 1.54) is 0 Å². The summed E-state index contributed by atoms with van der Waals surface area (Å²) in [6, 6.07) is -0.771. The largest absolute Gasteiger partial charge is 0.396 e. The van der Waals surface area contributed by atoms with Crippen LogP contribution in [0.5, 0.6) is 0 Å². The van der Waals surface area contributed by atoms with E-state index in [9.17, 15) is 30.3 Å². The van der Waals surface area contributed by atoms with Crippen LogP contribution in [-0.4, -0.2) is 130 Å². The Morgan fingerprint density at radius 3 is 2.48 bits per heavy atom. The zero-order valence-corrected chi connectivity index (χ0v) is 34.9. The molecule has 4 heterocycles. The summed E-state index contributed by atoms with van der Waals surface area (Å²) >= 11 is 0. The number of carbonyl (C=O) groups excluding carboxylic acids is 2. The molecule has 7 bridgehead atoms. The number of ketones is 1. The average molecular weight is 807 g/mol. The van der Waals surface area contributed by atoms with Gasteiger partial charge in [0.05, 0.1) is 40.9 Å². The van der Waals surface area contributed by atoms with Gasteiger partial charge in [0, 0.05) is 68.5 Å². The molecule has 12 nitrogen and oxygen atoms in total. The number of allylic oxidation sites excluding steroid dienone is 1. The summed E-state index contributed by atoms with van der Waals surface area (Å²) in [6.45, 7) is 7.37. The van der Waals surface area contributed by atoms with E-state index in [-0.39, 0.29) is 42.3 Å². The zero-order chi connectivity index (χ0) is 40.8. The molecular formula is C46H66N2O10. The Balaban J connectivity index is 1.11. The Morgan fingerprint density at radius 1 is 0.966 bits per heavy atom. The number of rotatable bonds is 6. The maximum atomic E-state index is 15.1. The summed E-state index contributed by atoms with van der Waals surface area (Å²) in [5.41, 5.74) is -4.63. The first-order chi connectivity index (χ1) is 27.6. The maximum absolute atomic E-state index is 15.1. The number of hydrogen-bond donors (Lipinski definition) is 6. The van der Waals surface area contributed by atoms with Crippen molar-refractivity contribution in [2.75, 3.05) is 33.5 Å². The predicted octanol–water partition coefficient (Wildman–Crippen LogP) is 2.61. The van der Waals surface area contributed by atoms with Gasteiger partial charge in [0.15, 0.2) is 5.78 Å². The first-order valence-electron chi connectivity index (χ1n) is 22.7. The van der Waals surface area contributed by atoms with E-state index in [1.807, 2.05) is 4.90 Å². The molecule has 1 spiro atoms. The minimum absolute atomic E-state index is 0.0537. The molecule has 4 aliphatic heterocycles. The molecule has 4 saturated carbocycles. The number of ether oxygens (including phenoxy) is 3. The SMILES string of the molecule is COCCCOC1CCC2(C)C(C1)C(=O)C1=C3C24C#CCC2CN2C(=O)C2NC(O)C5OC(C(CO)C5C25CCCC5)C(O)C(C)(O)C2CC(CC1)C3(O)C2(C)CC4. The molecule has 17 unspecified atom stereocenters. The molecule has 1 amide bonds. The average Bonchev–Trinajstić information content (AvgIpc) is 3.49. The molecule has 6 N–H and O–H groups in total. The van der Waals surface area contributed by atoms with Gasteiger partial charge in [0.25, 0.3) is 0 Å². The minimum atomic E-state index is -1.78. The predicted molar refractivity (Wildman–Crippen MR) is 210 cm³/mol. The molecule has 0 aromatic rings. The smallest absolute Gasteiger partial charge is 0.240 e. The van der Waals surface area contributed by atoms with E-state index in [1.54, 1.807) is 14.0 Å². The summed E-state index contributed by atoms with van der Waals surface area (Å²) in [4.78, 5) is 31.6. The number of Topliss-reactive ketones (excluding diaryl/α,β-unsaturated/α-hetero) is 1. The quantitative estimate of drug-likeness (QED) is 0.132. The highest BCUT2D eigenvalue weighted by atomic mass is 16.5. The van der Waals surface area contributed by atoms with Crippen molar-refractivity contribution in [1.82, 2.24) is 10.2 Å². The van der Waals surface area contributed by atoms with Crippen LogP contribution in [0.1, 0.15) is 111 Å². The lowest BCUT2D eigenvalue weighted by atomic mass is 9.37. The van der Waals surface area contributed by atoms with Gasteiger partial charge >= 0.3 is 0 Å². The minimum Gasteiger partial charge on any atom is -0.396 e. The normalized spacial score (nSPS) is 52.3. The van der Waals surface area contributed by atoms with Crippen molar-refractivity contribution < 1.29 is 49.3 Å². The van der Waals surface area contributed by atoms with Gasteiger partial charge in [-0.15, -0.1) is 5.92 Å². The molecule has 320 valence electrons. The molecule has 0 aromatic carbocycles. The number of fused-ring (bicyclic) bond motifs is 3. The Labute approximate surface area is 342 Å². The summed E-state index contributed by atoms with van der Waals surface area (Å²) in [5.74, 6) is 5.31. The van der Waals surface area contributed by atoms with Crippen molar-refractivity contribution in [1.29, 1.82) is 0 Å². The Bertz CT molecular complexity index is 1820. The number of hydrogen-bond acceptors (Lipinski definition) is 11. The molecule has 58 heavy (non-hydrogen) atoms. The summed E-state index contributed by atoms with van der Waals surface area (Å²) in [6.07, 6.45) is 4.83. The van der Waals surface area contributed by atoms with Crippen molar-refractivity contribution in [3.63, 3.8) is 0 Å². The molecular weight excluding hydrogens is 741 g/mol. The van der Waals surface area contributed by atoms with Crippen molar-refractivity contribution in [3.8, 4) is 11.8 Å². The molecule has 0 radical (unpaired) electrons. The van der Waals surface area contributed by atoms with E-state index in [4.69, 9.17) is 14.2 Å². The fourth-order valence-electron chi connectivity index (χ4n) is 16.0. The molecule has 10 aliphatic rings. The van der Waals surface area contributed by atoms with Crippen LogP contribution in [0.4, 0.5) is 0 Å². The van der Waals surface area contributed by atoms with Crippen LogP contribution in [-0.2, 0) is 23.8 Å². The third kappa shape index (κ3) is 5.03. The van der Waals surface area contributed by atoms with Crippen LogP contribution in [0.2, 0.25) is 0 Å². The zero-order valence-electron chi connectivity index (χ0n) is 34.9. The molecule has 6 aliphatic carbocycles. The van der Waals surface area contributed by atoms with E-state index >= 15 is 4.79 Å². The molecule has 0 aromatic heterocycles. The fraction of sp³-hybridized carbons (Fsp3) is 0.870. The van der Waals surface area contributed by atoms with Crippen molar-refractivity contribution in [2.24, 2.45) is 51.2 Å². The fourth-order valence-corrected chi connectivity index (χ4v) is 16.0. The second-order valence-electron chi connectivity index (χ2n) is 21.2. The van der Waals surface area contributed by atoms with Crippen molar-refractivity contribution >= 4 is 11.7 Å². The highest BCUT2D eigenvalue weighted by Gasteiger charge is 2.78. The number of piperidine rings is 1. The number of methoxy groups -OCH3 is 1. The number of aliphatic hydroxyl groups excluding tert-OH is 3. The third-order valence-corrected chi connectivity index (χ3v) is 19.0. The van der Waals surface area contributed by atoms with Gasteiger partial charge < -0.3 is 44.6 Å². The molecule has 3 saturated heterocycles. The Morgan fingerprint density at radius 2 is 1.74 bits per heavy atom. The lowest BCUT2D eigenvalue weighted by Crippen LogP contribution is -2.69. The number of carbonyl (C=O) groups is 2. The first-order valence-corrected chi connectivity index (χ1v) is 22.7. The van der Waals surface area contributed by atoms with Gasteiger partial charge in [0.2, 0.25) is 5.91 Å². The van der Waals surface area contributed by atoms with Gasteiger partial charge in [-0.3, -0.25) is 14.9 Å². The topological polar surface area (TPSA) is 178 Å². The molecule has 7 fully saturated rings. The highest BCUT2D eigenvalue weighted by molar-refractivity contribution is 6.01. The lowest BCUT2D eigenvalue weighted by molar-refractivity contribution is -0.209. The second-order valence-corrected chi connectivity index (χ2v) is 21.2. The summed E-state index contributed by atoms with van der Waals surface area (Å²) < 4.78 is 18.3. The summed E-state index contributed by atoms with van der Waals surface area (Å²) in [7, 11) is 1.69. The lowest BCUT2D eigenvalue weighted by Gasteiger charge is -2.67. The van der Waals surface area contributed by atoms with Crippen LogP contribution in [0.25, 0.3) is 0 Å². The standard InChI is InChI=1S/C46H66N2O10/c1-41-16-12-27(57-20-8-19-56-4)22-30(41)33(50)28-11-10-25-21-31-42(2)17-18-45(41,36(28)46(25,42)55)15-7-9-26-23-48(26)40(53)37-44(13-5-6-14-44)32-29(24-49)34(38(51)43(31,3)54)58-35(32)39(52)47-37/h25-27,29-32,34-35,37-39,47,49,51-52,54-55H,5-6,8-14,16-24H2,1-4H3. The Kier molecular flexibility index (Phi) is 9.38. The van der Waals surface area contributed by atoms with Gasteiger partial charge in [-0.25, -0.2) is 0 Å². The number of amides is 1. The molecule has 12 heteroatoms. The monoisotopic (exact) mass is 806 g/mol. The highest BCUT2D eigenvalue weighted by Crippen LogP contribution is 2.77. The second kappa shape index (κ2) is 13.5. The van der Waals surface area contributed by atoms with Crippen LogP contribution >= 0.6 is 0 Å². The van der Waals surface area contributed by atoms with E-state index in [0.717, 1.165) is 50.5 Å². The third-order valence-electron chi connectivity index (χ3n) is 19.0. The van der Waals surface area contributed by atoms with E-state index in [2.05, 4.69) is 31.0 Å². The number of nitrogens with one attached hydrogen (secondary N) is 1. The van der Waals surface area contributed by atoms with Gasteiger partial charge in [-0.05, 0) is 106 Å². The van der Waals surface area contributed by atoms with Gasteiger partial charge in [-0.1, -0.05) is 32.6 Å². The van der Waals surface area contributed by atoms with E-state index < -0.39 is 81.2 Å². The van der Waals surface area contributed by atoms with E-state index in [0.29, 0.717) is 70.3 Å². The maximum Gasteiger partial charge on any atom is 0.240 e. The van der Waals surface area contributed by atoms with Crippen LogP contribution in [0.15, 0.2) is 11.1 Å². The van der Waals surface area contributed by atoms with Crippen LogP contribution in [0, 0.1) is 63.1 Å². The van der Waals surface area contributed by atoms with Gasteiger partial charge in [-0.2, -0.15) is 0 Å². The van der Waals surface area contributed by atoms with Crippen LogP contribution in [0.3, 0.4) is 0 Å². The van der Waals surface area contributed by atoms with Crippen molar-refractivity contribution in [3.05, 3.63) is 11.1 Å². The number of nitrogens with zero attached hydrogens (tertiary/aromatic N) is 1. The van der Waals surface area contributed by atoms with Crippen LogP contribution < -0.4 is 5.32 Å². The Hall–Kier alpha value is -1.92. The summed E-state index contributed by atoms with van der Waals surface area (Å²) in [5, 5.41) is 65.5.